The van der Waals surface area contributed by atoms with Crippen molar-refractivity contribution in [3.05, 3.63) is 58.9 Å². The third kappa shape index (κ3) is 5.39. The molecular weight excluding hydrogens is 422 g/mol. The third-order valence-corrected chi connectivity index (χ3v) is 5.33. The summed E-state index contributed by atoms with van der Waals surface area (Å²) < 4.78 is 25.2. The van der Waals surface area contributed by atoms with Crippen molar-refractivity contribution in [3.63, 3.8) is 0 Å². The van der Waals surface area contributed by atoms with E-state index >= 15 is 0 Å². The number of thioether (sulfide) groups is 2. The number of amides is 3. The van der Waals surface area contributed by atoms with Gasteiger partial charge in [0.2, 0.25) is 0 Å². The minimum Gasteiger partial charge on any atom is -0.350 e. The van der Waals surface area contributed by atoms with Crippen LogP contribution < -0.4 is 5.32 Å². The molecule has 3 amide bonds. The highest BCUT2D eigenvalue weighted by Gasteiger charge is 2.34. The van der Waals surface area contributed by atoms with Gasteiger partial charge in [-0.15, -0.1) is 0 Å². The summed E-state index contributed by atoms with van der Waals surface area (Å²) in [6.45, 7) is -0.0664. The molecule has 0 bridgehead atoms. The topological polar surface area (TPSA) is 92.3 Å². The summed E-state index contributed by atoms with van der Waals surface area (Å²) in [4.78, 5) is 45.8. The van der Waals surface area contributed by atoms with Crippen LogP contribution in [0.15, 0.2) is 52.8 Å². The van der Waals surface area contributed by atoms with Gasteiger partial charge in [0.15, 0.2) is 0 Å². The largest absolute Gasteiger partial charge is 0.350 e. The number of nitrogens with one attached hydrogen (secondary N) is 1. The minimum absolute atomic E-state index is 0.00316. The Labute approximate surface area is 173 Å². The summed E-state index contributed by atoms with van der Waals surface area (Å²) in [5, 5.41) is 1.98. The molecule has 2 aromatic rings. The maximum absolute atomic E-state index is 12.6. The van der Waals surface area contributed by atoms with Crippen LogP contribution in [0, 0.1) is 0 Å². The molecule has 3 heterocycles. The third-order valence-electron chi connectivity index (χ3n) is 3.69. The summed E-state index contributed by atoms with van der Waals surface area (Å²) in [5.41, 5.74) is 0.690. The molecule has 3 rings (SSSR count). The fourth-order valence-electron chi connectivity index (χ4n) is 2.42. The van der Waals surface area contributed by atoms with Gasteiger partial charge in [-0.2, -0.15) is 8.78 Å². The highest BCUT2D eigenvalue weighted by molar-refractivity contribution is 8.18. The maximum Gasteiger partial charge on any atom is 0.293 e. The van der Waals surface area contributed by atoms with E-state index < -0.39 is 22.8 Å². The van der Waals surface area contributed by atoms with E-state index in [1.807, 2.05) is 0 Å². The van der Waals surface area contributed by atoms with Crippen LogP contribution in [0.25, 0.3) is 6.08 Å². The molecule has 11 heteroatoms. The molecule has 1 aliphatic rings. The number of carbonyl (C=O) groups is 3. The predicted octanol–water partition coefficient (Wildman–Crippen LogP) is 3.26. The zero-order chi connectivity index (χ0) is 20.8. The number of alkyl halides is 2. The highest BCUT2D eigenvalue weighted by atomic mass is 32.2. The zero-order valence-electron chi connectivity index (χ0n) is 14.7. The first-order chi connectivity index (χ1) is 14.0. The summed E-state index contributed by atoms with van der Waals surface area (Å²) in [6.07, 6.45) is 6.05. The highest BCUT2D eigenvalue weighted by Crippen LogP contribution is 2.31. The van der Waals surface area contributed by atoms with Gasteiger partial charge in [0.05, 0.1) is 10.5 Å². The van der Waals surface area contributed by atoms with Crippen molar-refractivity contribution in [1.82, 2.24) is 20.2 Å². The van der Waals surface area contributed by atoms with Gasteiger partial charge in [-0.3, -0.25) is 24.3 Å². The smallest absolute Gasteiger partial charge is 0.293 e. The number of imide groups is 1. The van der Waals surface area contributed by atoms with E-state index in [4.69, 9.17) is 0 Å². The number of pyridine rings is 2. The van der Waals surface area contributed by atoms with Crippen molar-refractivity contribution in [3.8, 4) is 0 Å². The van der Waals surface area contributed by atoms with E-state index in [1.165, 1.54) is 18.3 Å². The summed E-state index contributed by atoms with van der Waals surface area (Å²) in [5.74, 6) is -3.79. The molecule has 29 heavy (non-hydrogen) atoms. The van der Waals surface area contributed by atoms with Gasteiger partial charge < -0.3 is 5.32 Å². The van der Waals surface area contributed by atoms with Crippen molar-refractivity contribution in [2.24, 2.45) is 0 Å². The molecule has 0 spiro atoms. The van der Waals surface area contributed by atoms with E-state index in [9.17, 15) is 23.2 Å². The Balaban J connectivity index is 1.59. The average molecular weight is 436 g/mol. The summed E-state index contributed by atoms with van der Waals surface area (Å²) in [7, 11) is 0. The lowest BCUT2D eigenvalue weighted by atomic mass is 10.2. The Morgan fingerprint density at radius 2 is 2.07 bits per heavy atom. The normalized spacial score (nSPS) is 15.4. The molecule has 1 saturated heterocycles. The molecule has 150 valence electrons. The predicted molar refractivity (Wildman–Crippen MR) is 105 cm³/mol. The summed E-state index contributed by atoms with van der Waals surface area (Å²) in [6, 6.07) is 6.31. The van der Waals surface area contributed by atoms with E-state index in [2.05, 4.69) is 15.3 Å². The van der Waals surface area contributed by atoms with E-state index in [0.29, 0.717) is 5.56 Å². The van der Waals surface area contributed by atoms with Crippen LogP contribution in [0.1, 0.15) is 15.9 Å². The van der Waals surface area contributed by atoms with Crippen LogP contribution in [0.3, 0.4) is 0 Å². The molecule has 0 saturated carbocycles. The van der Waals surface area contributed by atoms with Crippen LogP contribution in [0.2, 0.25) is 0 Å². The van der Waals surface area contributed by atoms with E-state index in [-0.39, 0.29) is 40.3 Å². The fourth-order valence-corrected chi connectivity index (χ4v) is 3.87. The number of nitrogens with zero attached hydrogens (tertiary/aromatic N) is 3. The monoisotopic (exact) mass is 436 g/mol. The van der Waals surface area contributed by atoms with Crippen molar-refractivity contribution in [2.45, 2.75) is 10.8 Å². The number of carbonyl (C=O) groups excluding carboxylic acids is 3. The zero-order valence-corrected chi connectivity index (χ0v) is 16.4. The molecule has 0 radical (unpaired) electrons. The standard InChI is InChI=1S/C18H14F2N4O3S2/c19-17(20)29-15-12(4-2-6-23-15)14(25)22-7-8-24-16(26)13(28-18(24)27)9-11-3-1-5-21-10-11/h1-6,9-10,17H,7-8H2,(H,22,25). The molecular formula is C18H14F2N4O3S2. The Hall–Kier alpha value is -2.79. The Morgan fingerprint density at radius 3 is 2.79 bits per heavy atom. The Morgan fingerprint density at radius 1 is 1.28 bits per heavy atom. The van der Waals surface area contributed by atoms with Gasteiger partial charge in [-0.05, 0) is 53.4 Å². The molecule has 0 atom stereocenters. The van der Waals surface area contributed by atoms with Crippen LogP contribution in [0.4, 0.5) is 13.6 Å². The Bertz CT molecular complexity index is 957. The number of hydrogen-bond donors (Lipinski definition) is 1. The average Bonchev–Trinajstić information content (AvgIpc) is 2.96. The first kappa shape index (κ1) is 20.9. The number of aromatic nitrogens is 2. The second-order valence-corrected chi connectivity index (χ2v) is 7.58. The second kappa shape index (κ2) is 9.61. The number of hydrogen-bond acceptors (Lipinski definition) is 7. The molecule has 0 aromatic carbocycles. The molecule has 1 fully saturated rings. The van der Waals surface area contributed by atoms with Crippen molar-refractivity contribution in [2.75, 3.05) is 13.1 Å². The van der Waals surface area contributed by atoms with Gasteiger partial charge >= 0.3 is 0 Å². The van der Waals surface area contributed by atoms with Gasteiger partial charge in [0.1, 0.15) is 5.03 Å². The van der Waals surface area contributed by atoms with Crippen molar-refractivity contribution < 1.29 is 23.2 Å². The summed E-state index contributed by atoms with van der Waals surface area (Å²) >= 11 is 0.977. The molecule has 2 aromatic heterocycles. The lowest BCUT2D eigenvalue weighted by Gasteiger charge is -2.13. The first-order valence-corrected chi connectivity index (χ1v) is 9.98. The second-order valence-electron chi connectivity index (χ2n) is 5.61. The van der Waals surface area contributed by atoms with Gasteiger partial charge in [-0.1, -0.05) is 6.07 Å². The lowest BCUT2D eigenvalue weighted by molar-refractivity contribution is -0.122. The van der Waals surface area contributed by atoms with Crippen LogP contribution >= 0.6 is 23.5 Å². The lowest BCUT2D eigenvalue weighted by Crippen LogP contribution is -2.37. The molecule has 1 N–H and O–H groups in total. The maximum atomic E-state index is 12.6. The quantitative estimate of drug-likeness (QED) is 0.526. The van der Waals surface area contributed by atoms with E-state index in [1.54, 1.807) is 30.6 Å². The molecule has 0 unspecified atom stereocenters. The Kier molecular flexibility index (Phi) is 6.94. The van der Waals surface area contributed by atoms with E-state index in [0.717, 1.165) is 16.7 Å². The van der Waals surface area contributed by atoms with Crippen molar-refractivity contribution >= 4 is 46.7 Å². The molecule has 0 aliphatic carbocycles. The minimum atomic E-state index is -2.71. The molecule has 7 nitrogen and oxygen atoms in total. The number of rotatable bonds is 7. The SMILES string of the molecule is O=C(NCCN1C(=O)SC(=Cc2cccnc2)C1=O)c1cccnc1SC(F)F. The van der Waals surface area contributed by atoms with Gasteiger partial charge in [0.25, 0.3) is 22.8 Å². The van der Waals surface area contributed by atoms with Crippen LogP contribution in [0.5, 0.6) is 0 Å². The first-order valence-electron chi connectivity index (χ1n) is 8.29. The van der Waals surface area contributed by atoms with Gasteiger partial charge in [-0.25, -0.2) is 4.98 Å². The number of halogens is 2. The fraction of sp³-hybridized carbons (Fsp3) is 0.167. The van der Waals surface area contributed by atoms with Crippen LogP contribution in [-0.2, 0) is 4.79 Å². The van der Waals surface area contributed by atoms with Crippen molar-refractivity contribution in [1.29, 1.82) is 0 Å². The molecule has 1 aliphatic heterocycles. The van der Waals surface area contributed by atoms with Crippen LogP contribution in [-0.4, -0.2) is 50.8 Å². The van der Waals surface area contributed by atoms with Gasteiger partial charge in [0, 0.05) is 31.7 Å².